The van der Waals surface area contributed by atoms with Crippen molar-refractivity contribution in [2.45, 2.75) is 53.1 Å². The highest BCUT2D eigenvalue weighted by Gasteiger charge is 2.35. The van der Waals surface area contributed by atoms with E-state index in [1.807, 2.05) is 20.8 Å². The lowest BCUT2D eigenvalue weighted by molar-refractivity contribution is -0.126. The summed E-state index contributed by atoms with van der Waals surface area (Å²) in [5.74, 6) is 0.273. The molecule has 1 aliphatic heterocycles. The lowest BCUT2D eigenvalue weighted by Crippen LogP contribution is -2.50. The van der Waals surface area contributed by atoms with E-state index in [-0.39, 0.29) is 24.5 Å². The van der Waals surface area contributed by atoms with Gasteiger partial charge in [0.2, 0.25) is 5.91 Å². The summed E-state index contributed by atoms with van der Waals surface area (Å²) in [7, 11) is -3.73. The predicted octanol–water partition coefficient (Wildman–Crippen LogP) is 2.80. The first-order valence-electron chi connectivity index (χ1n) is 11.2. The molecule has 0 aromatic heterocycles. The Kier molecular flexibility index (Phi) is 10.1. The maximum atomic E-state index is 13.3. The number of amides is 1. The van der Waals surface area contributed by atoms with Crippen LogP contribution in [0.4, 0.5) is 5.69 Å². The number of piperidine rings is 1. The van der Waals surface area contributed by atoms with Crippen LogP contribution in [0.15, 0.2) is 24.3 Å². The zero-order valence-electron chi connectivity index (χ0n) is 19.2. The second-order valence-electron chi connectivity index (χ2n) is 7.86. The fourth-order valence-electron chi connectivity index (χ4n) is 3.61. The SMILES string of the molecule is CCOc1ccc(N(CC)S(=O)(=O)N2CCC[C@@H](C(=O)NCCCOC(C)C)C2)cc1. The average molecular weight is 456 g/mol. The van der Waals surface area contributed by atoms with Gasteiger partial charge < -0.3 is 14.8 Å². The molecule has 1 aromatic carbocycles. The van der Waals surface area contributed by atoms with Gasteiger partial charge in [-0.1, -0.05) is 0 Å². The normalized spacial score (nSPS) is 17.5. The summed E-state index contributed by atoms with van der Waals surface area (Å²) >= 11 is 0. The van der Waals surface area contributed by atoms with Crippen LogP contribution in [0, 0.1) is 5.92 Å². The summed E-state index contributed by atoms with van der Waals surface area (Å²) in [5.41, 5.74) is 0.586. The Hall–Kier alpha value is -1.84. The van der Waals surface area contributed by atoms with Gasteiger partial charge in [-0.05, 0) is 71.2 Å². The van der Waals surface area contributed by atoms with Gasteiger partial charge >= 0.3 is 10.2 Å². The van der Waals surface area contributed by atoms with E-state index in [0.717, 1.165) is 6.42 Å². The number of carbonyl (C=O) groups is 1. The number of rotatable bonds is 12. The third-order valence-electron chi connectivity index (χ3n) is 5.15. The zero-order chi connectivity index (χ0) is 22.9. The summed E-state index contributed by atoms with van der Waals surface area (Å²) in [5, 5.41) is 2.92. The van der Waals surface area contributed by atoms with Crippen molar-refractivity contribution in [1.29, 1.82) is 0 Å². The minimum absolute atomic E-state index is 0.0893. The van der Waals surface area contributed by atoms with Crippen molar-refractivity contribution in [3.8, 4) is 5.75 Å². The maximum Gasteiger partial charge on any atom is 0.304 e. The number of nitrogens with one attached hydrogen (secondary N) is 1. The molecule has 2 rings (SSSR count). The minimum atomic E-state index is -3.73. The van der Waals surface area contributed by atoms with E-state index >= 15 is 0 Å². The smallest absolute Gasteiger partial charge is 0.304 e. The van der Waals surface area contributed by atoms with Gasteiger partial charge in [0.05, 0.1) is 24.3 Å². The highest BCUT2D eigenvalue weighted by molar-refractivity contribution is 7.90. The van der Waals surface area contributed by atoms with Crippen LogP contribution < -0.4 is 14.4 Å². The molecule has 0 saturated carbocycles. The van der Waals surface area contributed by atoms with Gasteiger partial charge in [0, 0.05) is 32.8 Å². The van der Waals surface area contributed by atoms with E-state index in [0.29, 0.717) is 57.1 Å². The van der Waals surface area contributed by atoms with Crippen LogP contribution in [0.25, 0.3) is 0 Å². The highest BCUT2D eigenvalue weighted by Crippen LogP contribution is 2.27. The highest BCUT2D eigenvalue weighted by atomic mass is 32.2. The van der Waals surface area contributed by atoms with E-state index in [4.69, 9.17) is 9.47 Å². The standard InChI is InChI=1S/C22H37N3O5S/c1-5-25(20-10-12-21(13-11-20)29-6-2)31(27,28)24-15-7-9-19(17-24)22(26)23-14-8-16-30-18(3)4/h10-13,18-19H,5-9,14-17H2,1-4H3,(H,23,26)/t19-/m1/s1. The third-order valence-corrected chi connectivity index (χ3v) is 7.16. The molecule has 1 heterocycles. The molecule has 176 valence electrons. The van der Waals surface area contributed by atoms with Crippen molar-refractivity contribution < 1.29 is 22.7 Å². The van der Waals surface area contributed by atoms with Crippen LogP contribution >= 0.6 is 0 Å². The molecule has 1 fully saturated rings. The molecule has 0 spiro atoms. The number of nitrogens with zero attached hydrogens (tertiary/aromatic N) is 2. The Bertz CT molecular complexity index is 783. The van der Waals surface area contributed by atoms with E-state index in [1.54, 1.807) is 31.2 Å². The third kappa shape index (κ3) is 7.36. The molecule has 9 heteroatoms. The number of ether oxygens (including phenoxy) is 2. The van der Waals surface area contributed by atoms with E-state index in [1.165, 1.54) is 8.61 Å². The van der Waals surface area contributed by atoms with Gasteiger partial charge in [-0.2, -0.15) is 12.7 Å². The molecule has 0 bridgehead atoms. The Balaban J connectivity index is 1.98. The van der Waals surface area contributed by atoms with E-state index in [2.05, 4.69) is 5.32 Å². The number of anilines is 1. The lowest BCUT2D eigenvalue weighted by atomic mass is 9.99. The minimum Gasteiger partial charge on any atom is -0.494 e. The van der Waals surface area contributed by atoms with Gasteiger partial charge in [0.15, 0.2) is 0 Å². The lowest BCUT2D eigenvalue weighted by Gasteiger charge is -2.35. The van der Waals surface area contributed by atoms with Crippen LogP contribution in [-0.4, -0.2) is 64.1 Å². The molecule has 0 unspecified atom stereocenters. The van der Waals surface area contributed by atoms with Gasteiger partial charge in [-0.3, -0.25) is 9.10 Å². The van der Waals surface area contributed by atoms with Gasteiger partial charge in [-0.25, -0.2) is 0 Å². The van der Waals surface area contributed by atoms with Crippen molar-refractivity contribution in [2.24, 2.45) is 5.92 Å². The first-order chi connectivity index (χ1) is 14.8. The van der Waals surface area contributed by atoms with Gasteiger partial charge in [-0.15, -0.1) is 0 Å². The van der Waals surface area contributed by atoms with E-state index < -0.39 is 10.2 Å². The van der Waals surface area contributed by atoms with Gasteiger partial charge in [0.1, 0.15) is 5.75 Å². The Morgan fingerprint density at radius 1 is 1.26 bits per heavy atom. The monoisotopic (exact) mass is 455 g/mol. The van der Waals surface area contributed by atoms with E-state index in [9.17, 15) is 13.2 Å². The fourth-order valence-corrected chi connectivity index (χ4v) is 5.33. The van der Waals surface area contributed by atoms with Crippen LogP contribution in [0.5, 0.6) is 5.75 Å². The molecule has 1 amide bonds. The van der Waals surface area contributed by atoms with Crippen molar-refractivity contribution in [3.63, 3.8) is 0 Å². The topological polar surface area (TPSA) is 88.2 Å². The van der Waals surface area contributed by atoms with Crippen molar-refractivity contribution in [1.82, 2.24) is 9.62 Å². The molecule has 1 N–H and O–H groups in total. The zero-order valence-corrected chi connectivity index (χ0v) is 20.0. The van der Waals surface area contributed by atoms with Crippen LogP contribution in [0.1, 0.15) is 47.0 Å². The number of hydrogen-bond donors (Lipinski definition) is 1. The summed E-state index contributed by atoms with van der Waals surface area (Å²) in [6, 6.07) is 7.04. The number of carbonyl (C=O) groups excluding carboxylic acids is 1. The molecule has 0 aliphatic carbocycles. The second kappa shape index (κ2) is 12.3. The molecular formula is C22H37N3O5S. The van der Waals surface area contributed by atoms with Gasteiger partial charge in [0.25, 0.3) is 0 Å². The van der Waals surface area contributed by atoms with Crippen LogP contribution in [-0.2, 0) is 19.7 Å². The summed E-state index contributed by atoms with van der Waals surface area (Å²) in [6.07, 6.45) is 2.26. The largest absolute Gasteiger partial charge is 0.494 e. The summed E-state index contributed by atoms with van der Waals surface area (Å²) < 4.78 is 40.4. The number of benzene rings is 1. The quantitative estimate of drug-likeness (QED) is 0.490. The summed E-state index contributed by atoms with van der Waals surface area (Å²) in [4.78, 5) is 12.6. The Morgan fingerprint density at radius 2 is 1.97 bits per heavy atom. The molecule has 31 heavy (non-hydrogen) atoms. The molecule has 8 nitrogen and oxygen atoms in total. The number of hydrogen-bond acceptors (Lipinski definition) is 5. The summed E-state index contributed by atoms with van der Waals surface area (Å²) in [6.45, 7) is 10.3. The molecule has 1 aliphatic rings. The molecule has 1 atom stereocenters. The fraction of sp³-hybridized carbons (Fsp3) is 0.682. The molecule has 1 aromatic rings. The Labute approximate surface area is 187 Å². The van der Waals surface area contributed by atoms with Crippen LogP contribution in [0.3, 0.4) is 0 Å². The van der Waals surface area contributed by atoms with Crippen molar-refractivity contribution in [2.75, 3.05) is 43.7 Å². The maximum absolute atomic E-state index is 13.3. The molecular weight excluding hydrogens is 418 g/mol. The Morgan fingerprint density at radius 3 is 2.58 bits per heavy atom. The first-order valence-corrected chi connectivity index (χ1v) is 12.6. The first kappa shape index (κ1) is 25.4. The predicted molar refractivity (Wildman–Crippen MR) is 123 cm³/mol. The molecule has 0 radical (unpaired) electrons. The van der Waals surface area contributed by atoms with Crippen molar-refractivity contribution in [3.05, 3.63) is 24.3 Å². The van der Waals surface area contributed by atoms with Crippen molar-refractivity contribution >= 4 is 21.8 Å². The average Bonchev–Trinajstić information content (AvgIpc) is 2.75. The molecule has 1 saturated heterocycles. The van der Waals surface area contributed by atoms with Crippen LogP contribution in [0.2, 0.25) is 0 Å². The second-order valence-corrected chi connectivity index (χ2v) is 9.71.